The van der Waals surface area contributed by atoms with Crippen LogP contribution in [0.25, 0.3) is 0 Å². The highest BCUT2D eigenvalue weighted by Gasteiger charge is 2.25. The van der Waals surface area contributed by atoms with Gasteiger partial charge >= 0.3 is 0 Å². The summed E-state index contributed by atoms with van der Waals surface area (Å²) in [5, 5.41) is 3.15. The van der Waals surface area contributed by atoms with Gasteiger partial charge in [-0.2, -0.15) is 0 Å². The highest BCUT2D eigenvalue weighted by molar-refractivity contribution is 7.89. The van der Waals surface area contributed by atoms with Crippen molar-refractivity contribution in [1.29, 1.82) is 0 Å². The van der Waals surface area contributed by atoms with E-state index in [2.05, 4.69) is 15.0 Å². The van der Waals surface area contributed by atoms with Crippen LogP contribution in [0.3, 0.4) is 0 Å². The number of hydrogen-bond donors (Lipinski definition) is 2. The van der Waals surface area contributed by atoms with Gasteiger partial charge in [0.25, 0.3) is 0 Å². The summed E-state index contributed by atoms with van der Waals surface area (Å²) in [6.07, 6.45) is 3.76. The van der Waals surface area contributed by atoms with Crippen molar-refractivity contribution >= 4 is 15.8 Å². The minimum Gasteiger partial charge on any atom is -0.366 e. The van der Waals surface area contributed by atoms with Gasteiger partial charge < -0.3 is 5.32 Å². The van der Waals surface area contributed by atoms with Crippen LogP contribution in [-0.4, -0.2) is 26.0 Å². The molecule has 2 N–H and O–H groups in total. The van der Waals surface area contributed by atoms with Crippen molar-refractivity contribution in [2.45, 2.75) is 37.6 Å². The van der Waals surface area contributed by atoms with E-state index in [1.807, 2.05) is 13.8 Å². The normalized spacial score (nSPS) is 15.9. The van der Waals surface area contributed by atoms with Crippen LogP contribution in [0, 0.1) is 5.92 Å². The standard InChI is InChI=1S/C12H19N3O2S/c1-9(2)8-14-18(16,17)11-4-3-7-13-12(11)15-10-5-6-10/h3-4,7,9-10,14H,5-6,8H2,1-2H3,(H,13,15). The van der Waals surface area contributed by atoms with Gasteiger partial charge in [-0.15, -0.1) is 0 Å². The average molecular weight is 269 g/mol. The molecule has 1 saturated carbocycles. The second-order valence-corrected chi connectivity index (χ2v) is 6.75. The van der Waals surface area contributed by atoms with Gasteiger partial charge in [-0.25, -0.2) is 18.1 Å². The molecule has 0 atom stereocenters. The summed E-state index contributed by atoms with van der Waals surface area (Å²) >= 11 is 0. The number of pyridine rings is 1. The van der Waals surface area contributed by atoms with E-state index in [1.165, 1.54) is 0 Å². The molecule has 1 aromatic heterocycles. The Hall–Kier alpha value is -1.14. The molecule has 0 saturated heterocycles. The Balaban J connectivity index is 2.19. The molecule has 0 aromatic carbocycles. The Kier molecular flexibility index (Phi) is 3.87. The fourth-order valence-corrected chi connectivity index (χ4v) is 2.82. The lowest BCUT2D eigenvalue weighted by molar-refractivity contribution is 0.560. The Bertz CT molecular complexity index is 510. The van der Waals surface area contributed by atoms with Crippen LogP contribution in [-0.2, 0) is 10.0 Å². The molecule has 0 amide bonds. The quantitative estimate of drug-likeness (QED) is 0.822. The first kappa shape index (κ1) is 13.3. The third-order valence-electron chi connectivity index (χ3n) is 2.66. The van der Waals surface area contributed by atoms with Crippen molar-refractivity contribution in [3.63, 3.8) is 0 Å². The zero-order chi connectivity index (χ0) is 13.2. The Morgan fingerprint density at radius 2 is 2.17 bits per heavy atom. The summed E-state index contributed by atoms with van der Waals surface area (Å²) in [4.78, 5) is 4.36. The Morgan fingerprint density at radius 1 is 1.44 bits per heavy atom. The lowest BCUT2D eigenvalue weighted by Gasteiger charge is -2.12. The van der Waals surface area contributed by atoms with Crippen molar-refractivity contribution in [2.24, 2.45) is 5.92 Å². The second-order valence-electron chi connectivity index (χ2n) is 5.01. The number of aromatic nitrogens is 1. The maximum absolute atomic E-state index is 12.2. The number of nitrogens with one attached hydrogen (secondary N) is 2. The highest BCUT2D eigenvalue weighted by Crippen LogP contribution is 2.27. The summed E-state index contributed by atoms with van der Waals surface area (Å²) in [5.74, 6) is 0.729. The average Bonchev–Trinajstić information content (AvgIpc) is 3.11. The number of nitrogens with zero attached hydrogens (tertiary/aromatic N) is 1. The van der Waals surface area contributed by atoms with E-state index < -0.39 is 10.0 Å². The van der Waals surface area contributed by atoms with Crippen LogP contribution < -0.4 is 10.0 Å². The molecule has 1 aliphatic rings. The zero-order valence-corrected chi connectivity index (χ0v) is 11.5. The molecule has 0 spiro atoms. The number of hydrogen-bond acceptors (Lipinski definition) is 4. The predicted molar refractivity (Wildman–Crippen MR) is 70.9 cm³/mol. The van der Waals surface area contributed by atoms with Crippen LogP contribution in [0.1, 0.15) is 26.7 Å². The molecule has 0 unspecified atom stereocenters. The van der Waals surface area contributed by atoms with Crippen LogP contribution in [0.4, 0.5) is 5.82 Å². The van der Waals surface area contributed by atoms with Crippen LogP contribution in [0.5, 0.6) is 0 Å². The topological polar surface area (TPSA) is 71.1 Å². The third kappa shape index (κ3) is 3.43. The summed E-state index contributed by atoms with van der Waals surface area (Å²) in [6.45, 7) is 4.37. The first-order valence-electron chi connectivity index (χ1n) is 6.20. The summed E-state index contributed by atoms with van der Waals surface area (Å²) in [7, 11) is -3.48. The molecular formula is C12H19N3O2S. The lowest BCUT2D eigenvalue weighted by Crippen LogP contribution is -2.28. The van der Waals surface area contributed by atoms with Gasteiger partial charge in [0.2, 0.25) is 10.0 Å². The number of sulfonamides is 1. The second kappa shape index (κ2) is 5.24. The van der Waals surface area contributed by atoms with Crippen molar-refractivity contribution in [3.05, 3.63) is 18.3 Å². The largest absolute Gasteiger partial charge is 0.366 e. The van der Waals surface area contributed by atoms with E-state index in [0.29, 0.717) is 18.4 Å². The molecule has 2 rings (SSSR count). The molecule has 18 heavy (non-hydrogen) atoms. The highest BCUT2D eigenvalue weighted by atomic mass is 32.2. The molecule has 1 aromatic rings. The van der Waals surface area contributed by atoms with Crippen molar-refractivity contribution < 1.29 is 8.42 Å². The van der Waals surface area contributed by atoms with Gasteiger partial charge in [0, 0.05) is 18.8 Å². The van der Waals surface area contributed by atoms with Gasteiger partial charge in [0.1, 0.15) is 10.7 Å². The zero-order valence-electron chi connectivity index (χ0n) is 10.7. The maximum Gasteiger partial charge on any atom is 0.244 e. The summed E-state index contributed by atoms with van der Waals surface area (Å²) in [6, 6.07) is 3.60. The van der Waals surface area contributed by atoms with Crippen molar-refractivity contribution in [2.75, 3.05) is 11.9 Å². The van der Waals surface area contributed by atoms with E-state index in [0.717, 1.165) is 12.8 Å². The van der Waals surface area contributed by atoms with Crippen molar-refractivity contribution in [1.82, 2.24) is 9.71 Å². The minimum absolute atomic E-state index is 0.234. The van der Waals surface area contributed by atoms with Gasteiger partial charge in [-0.1, -0.05) is 13.8 Å². The fourth-order valence-electron chi connectivity index (χ4n) is 1.49. The minimum atomic E-state index is -3.48. The molecule has 6 heteroatoms. The molecule has 100 valence electrons. The lowest BCUT2D eigenvalue weighted by atomic mass is 10.2. The SMILES string of the molecule is CC(C)CNS(=O)(=O)c1cccnc1NC1CC1. The third-order valence-corrected chi connectivity index (χ3v) is 4.12. The Labute approximate surface area is 108 Å². The van der Waals surface area contributed by atoms with Crippen molar-refractivity contribution in [3.8, 4) is 0 Å². The van der Waals surface area contributed by atoms with Crippen LogP contribution >= 0.6 is 0 Å². The van der Waals surface area contributed by atoms with Gasteiger partial charge in [0.15, 0.2) is 0 Å². The fraction of sp³-hybridized carbons (Fsp3) is 0.583. The molecule has 0 aliphatic heterocycles. The smallest absolute Gasteiger partial charge is 0.244 e. The summed E-state index contributed by atoms with van der Waals surface area (Å²) in [5.41, 5.74) is 0. The van der Waals surface area contributed by atoms with E-state index >= 15 is 0 Å². The van der Waals surface area contributed by atoms with E-state index in [9.17, 15) is 8.42 Å². The molecule has 0 radical (unpaired) electrons. The molecule has 1 fully saturated rings. The molecular weight excluding hydrogens is 250 g/mol. The Morgan fingerprint density at radius 3 is 2.78 bits per heavy atom. The van der Waals surface area contributed by atoms with Crippen LogP contribution in [0.15, 0.2) is 23.2 Å². The summed E-state index contributed by atoms with van der Waals surface area (Å²) < 4.78 is 26.9. The molecule has 1 heterocycles. The number of anilines is 1. The molecule has 1 aliphatic carbocycles. The predicted octanol–water partition coefficient (Wildman–Crippen LogP) is 1.59. The van der Waals surface area contributed by atoms with E-state index in [1.54, 1.807) is 18.3 Å². The van der Waals surface area contributed by atoms with E-state index in [4.69, 9.17) is 0 Å². The first-order chi connectivity index (χ1) is 8.49. The van der Waals surface area contributed by atoms with Gasteiger partial charge in [-0.05, 0) is 30.9 Å². The first-order valence-corrected chi connectivity index (χ1v) is 7.68. The number of rotatable bonds is 6. The van der Waals surface area contributed by atoms with Crippen LogP contribution in [0.2, 0.25) is 0 Å². The van der Waals surface area contributed by atoms with Gasteiger partial charge in [-0.3, -0.25) is 0 Å². The molecule has 5 nitrogen and oxygen atoms in total. The monoisotopic (exact) mass is 269 g/mol. The van der Waals surface area contributed by atoms with Gasteiger partial charge in [0.05, 0.1) is 0 Å². The van der Waals surface area contributed by atoms with E-state index in [-0.39, 0.29) is 10.8 Å². The molecule has 0 bridgehead atoms. The maximum atomic E-state index is 12.2.